The Balaban J connectivity index is 2.36. The number of hydrogen-bond acceptors (Lipinski definition) is 2. The van der Waals surface area contributed by atoms with Crippen LogP contribution < -0.4 is 5.73 Å². The van der Waals surface area contributed by atoms with Gasteiger partial charge in [-0.05, 0) is 29.3 Å². The molecule has 0 aliphatic rings. The van der Waals surface area contributed by atoms with Crippen LogP contribution in [0.25, 0.3) is 0 Å². The van der Waals surface area contributed by atoms with Crippen molar-refractivity contribution >= 4 is 15.9 Å². The molecule has 0 radical (unpaired) electrons. The van der Waals surface area contributed by atoms with Crippen molar-refractivity contribution in [2.75, 3.05) is 6.54 Å². The normalized spacial score (nSPS) is 14.1. The van der Waals surface area contributed by atoms with Crippen LogP contribution in [0.15, 0.2) is 53.0 Å². The van der Waals surface area contributed by atoms with E-state index in [2.05, 4.69) is 15.9 Å². The average molecular weight is 324 g/mol. The molecule has 2 aromatic rings. The smallest absolute Gasteiger partial charge is 0.126 e. The van der Waals surface area contributed by atoms with Crippen molar-refractivity contribution < 1.29 is 9.50 Å². The maximum absolute atomic E-state index is 13.8. The third-order valence-corrected chi connectivity index (χ3v) is 3.63. The summed E-state index contributed by atoms with van der Waals surface area (Å²) in [5.41, 5.74) is 5.56. The van der Waals surface area contributed by atoms with Gasteiger partial charge in [-0.15, -0.1) is 0 Å². The molecule has 1 atom stereocenters. The molecular formula is C15H15BrFNO. The van der Waals surface area contributed by atoms with Crippen LogP contribution in [-0.4, -0.2) is 11.7 Å². The highest BCUT2D eigenvalue weighted by Gasteiger charge is 2.29. The molecule has 0 fully saturated rings. The van der Waals surface area contributed by atoms with Gasteiger partial charge in [0.25, 0.3) is 0 Å². The Kier molecular flexibility index (Phi) is 4.34. The van der Waals surface area contributed by atoms with Crippen molar-refractivity contribution in [3.8, 4) is 0 Å². The summed E-state index contributed by atoms with van der Waals surface area (Å²) in [5.74, 6) is -0.342. The molecule has 0 aliphatic heterocycles. The fourth-order valence-corrected chi connectivity index (χ4v) is 2.44. The number of benzene rings is 2. The number of hydrogen-bond donors (Lipinski definition) is 2. The molecule has 0 aromatic heterocycles. The van der Waals surface area contributed by atoms with Crippen molar-refractivity contribution in [2.24, 2.45) is 5.73 Å². The standard InChI is InChI=1S/C15H15BrFNO/c16-13-6-7-14(17)11(8-13)9-15(19,10-18)12-4-2-1-3-5-12/h1-8,19H,9-10,18H2. The zero-order chi connectivity index (χ0) is 13.9. The van der Waals surface area contributed by atoms with Gasteiger partial charge in [-0.25, -0.2) is 4.39 Å². The lowest BCUT2D eigenvalue weighted by atomic mass is 9.87. The van der Waals surface area contributed by atoms with Gasteiger partial charge in [0.05, 0.1) is 0 Å². The lowest BCUT2D eigenvalue weighted by molar-refractivity contribution is 0.0454. The molecule has 1 unspecified atom stereocenters. The molecular weight excluding hydrogens is 309 g/mol. The third kappa shape index (κ3) is 3.21. The molecule has 0 saturated heterocycles. The minimum absolute atomic E-state index is 0.0307. The van der Waals surface area contributed by atoms with Crippen LogP contribution in [0, 0.1) is 5.82 Å². The highest BCUT2D eigenvalue weighted by molar-refractivity contribution is 9.10. The van der Waals surface area contributed by atoms with E-state index in [1.165, 1.54) is 6.07 Å². The maximum Gasteiger partial charge on any atom is 0.126 e. The number of rotatable bonds is 4. The van der Waals surface area contributed by atoms with E-state index in [0.717, 1.165) is 4.47 Å². The van der Waals surface area contributed by atoms with Crippen LogP contribution in [0.1, 0.15) is 11.1 Å². The Labute approximate surface area is 120 Å². The fourth-order valence-electron chi connectivity index (χ4n) is 2.03. The van der Waals surface area contributed by atoms with E-state index < -0.39 is 5.60 Å². The van der Waals surface area contributed by atoms with Gasteiger partial charge in [-0.2, -0.15) is 0 Å². The van der Waals surface area contributed by atoms with E-state index in [0.29, 0.717) is 11.1 Å². The molecule has 0 bridgehead atoms. The molecule has 0 saturated carbocycles. The van der Waals surface area contributed by atoms with E-state index in [4.69, 9.17) is 5.73 Å². The average Bonchev–Trinajstić information content (AvgIpc) is 2.44. The van der Waals surface area contributed by atoms with Gasteiger partial charge in [0.15, 0.2) is 0 Å². The van der Waals surface area contributed by atoms with E-state index in [1.807, 2.05) is 18.2 Å². The molecule has 100 valence electrons. The number of halogens is 2. The van der Waals surface area contributed by atoms with Gasteiger partial charge in [0, 0.05) is 17.4 Å². The number of aliphatic hydroxyl groups is 1. The monoisotopic (exact) mass is 323 g/mol. The zero-order valence-corrected chi connectivity index (χ0v) is 11.9. The fraction of sp³-hybridized carbons (Fsp3) is 0.200. The van der Waals surface area contributed by atoms with Crippen LogP contribution in [-0.2, 0) is 12.0 Å². The Morgan fingerprint density at radius 3 is 2.47 bits per heavy atom. The van der Waals surface area contributed by atoms with Crippen molar-refractivity contribution in [1.82, 2.24) is 0 Å². The van der Waals surface area contributed by atoms with E-state index >= 15 is 0 Å². The summed E-state index contributed by atoms with van der Waals surface area (Å²) in [5, 5.41) is 10.7. The van der Waals surface area contributed by atoms with Crippen molar-refractivity contribution in [3.05, 3.63) is 69.9 Å². The summed E-state index contributed by atoms with van der Waals surface area (Å²) >= 11 is 3.30. The first kappa shape index (κ1) is 14.2. The molecule has 0 amide bonds. The van der Waals surface area contributed by atoms with E-state index in [-0.39, 0.29) is 18.8 Å². The van der Waals surface area contributed by atoms with Crippen LogP contribution in [0.2, 0.25) is 0 Å². The molecule has 4 heteroatoms. The SMILES string of the molecule is NCC(O)(Cc1cc(Br)ccc1F)c1ccccc1. The van der Waals surface area contributed by atoms with Crippen LogP contribution in [0.3, 0.4) is 0 Å². The molecule has 2 rings (SSSR count). The molecule has 0 aliphatic carbocycles. The lowest BCUT2D eigenvalue weighted by Gasteiger charge is -2.27. The first-order valence-corrected chi connectivity index (χ1v) is 6.76. The summed E-state index contributed by atoms with van der Waals surface area (Å²) in [4.78, 5) is 0. The quantitative estimate of drug-likeness (QED) is 0.908. The van der Waals surface area contributed by atoms with Gasteiger partial charge < -0.3 is 10.8 Å². The topological polar surface area (TPSA) is 46.2 Å². The van der Waals surface area contributed by atoms with Crippen LogP contribution in [0.5, 0.6) is 0 Å². The van der Waals surface area contributed by atoms with Gasteiger partial charge in [-0.1, -0.05) is 46.3 Å². The molecule has 2 nitrogen and oxygen atoms in total. The number of nitrogens with two attached hydrogens (primary N) is 1. The van der Waals surface area contributed by atoms with Crippen molar-refractivity contribution in [1.29, 1.82) is 0 Å². The predicted octanol–water partition coefficient (Wildman–Crippen LogP) is 2.98. The minimum Gasteiger partial charge on any atom is -0.383 e. The Morgan fingerprint density at radius 1 is 1.16 bits per heavy atom. The van der Waals surface area contributed by atoms with Crippen molar-refractivity contribution in [3.63, 3.8) is 0 Å². The minimum atomic E-state index is -1.26. The summed E-state index contributed by atoms with van der Waals surface area (Å²) < 4.78 is 14.6. The Bertz CT molecular complexity index is 561. The Morgan fingerprint density at radius 2 is 1.84 bits per heavy atom. The summed E-state index contributed by atoms with van der Waals surface area (Å²) in [7, 11) is 0. The predicted molar refractivity (Wildman–Crippen MR) is 77.2 cm³/mol. The highest BCUT2D eigenvalue weighted by atomic mass is 79.9. The zero-order valence-electron chi connectivity index (χ0n) is 10.3. The van der Waals surface area contributed by atoms with Crippen molar-refractivity contribution in [2.45, 2.75) is 12.0 Å². The summed E-state index contributed by atoms with van der Waals surface area (Å²) in [6.07, 6.45) is 0.138. The third-order valence-electron chi connectivity index (χ3n) is 3.14. The molecule has 2 aromatic carbocycles. The first-order chi connectivity index (χ1) is 9.05. The van der Waals surface area contributed by atoms with Gasteiger partial charge in [0.1, 0.15) is 11.4 Å². The highest BCUT2D eigenvalue weighted by Crippen LogP contribution is 2.27. The largest absolute Gasteiger partial charge is 0.383 e. The van der Waals surface area contributed by atoms with Gasteiger partial charge >= 0.3 is 0 Å². The maximum atomic E-state index is 13.8. The molecule has 19 heavy (non-hydrogen) atoms. The summed E-state index contributed by atoms with van der Waals surface area (Å²) in [6, 6.07) is 13.8. The van der Waals surface area contributed by atoms with Crippen LogP contribution in [0.4, 0.5) is 4.39 Å². The first-order valence-electron chi connectivity index (χ1n) is 5.97. The molecule has 3 N–H and O–H groups in total. The second-order valence-electron chi connectivity index (χ2n) is 4.51. The summed E-state index contributed by atoms with van der Waals surface area (Å²) in [6.45, 7) is 0.0307. The second-order valence-corrected chi connectivity index (χ2v) is 5.43. The van der Waals surface area contributed by atoms with Crippen LogP contribution >= 0.6 is 15.9 Å². The van der Waals surface area contributed by atoms with Gasteiger partial charge in [-0.3, -0.25) is 0 Å². The Hall–Kier alpha value is -1.23. The van der Waals surface area contributed by atoms with Gasteiger partial charge in [0.2, 0.25) is 0 Å². The lowest BCUT2D eigenvalue weighted by Crippen LogP contribution is -2.37. The molecule has 0 spiro atoms. The van der Waals surface area contributed by atoms with E-state index in [9.17, 15) is 9.50 Å². The second kappa shape index (κ2) is 5.82. The molecule has 0 heterocycles. The van der Waals surface area contributed by atoms with E-state index in [1.54, 1.807) is 24.3 Å².